The van der Waals surface area contributed by atoms with Crippen LogP contribution in [0.5, 0.6) is 5.75 Å². The third-order valence-electron chi connectivity index (χ3n) is 8.79. The highest BCUT2D eigenvalue weighted by Crippen LogP contribution is 2.33. The number of hydrogen-bond donors (Lipinski definition) is 4. The zero-order valence-corrected chi connectivity index (χ0v) is 37.6. The van der Waals surface area contributed by atoms with Gasteiger partial charge in [-0.05, 0) is 85.6 Å². The first-order valence-corrected chi connectivity index (χ1v) is 21.4. The number of azo groups is 2. The van der Waals surface area contributed by atoms with E-state index in [1.54, 1.807) is 48.5 Å². The second-order valence-corrected chi connectivity index (χ2v) is 15.2. The number of amides is 4. The van der Waals surface area contributed by atoms with Crippen LogP contribution in [0.25, 0.3) is 0 Å². The van der Waals surface area contributed by atoms with E-state index in [-0.39, 0.29) is 73.9 Å². The molecule has 0 aliphatic heterocycles. The van der Waals surface area contributed by atoms with Gasteiger partial charge in [-0.15, -0.1) is 34.8 Å². The van der Waals surface area contributed by atoms with E-state index in [2.05, 4.69) is 41.7 Å². The molecule has 0 saturated heterocycles. The van der Waals surface area contributed by atoms with Crippen molar-refractivity contribution in [3.8, 4) is 5.75 Å². The van der Waals surface area contributed by atoms with Crippen molar-refractivity contribution >= 4 is 127 Å². The van der Waals surface area contributed by atoms with Crippen molar-refractivity contribution in [3.05, 3.63) is 135 Å². The first-order chi connectivity index (χ1) is 30.7. The summed E-state index contributed by atoms with van der Waals surface area (Å²) in [7, 11) is 0. The van der Waals surface area contributed by atoms with E-state index in [0.717, 1.165) is 25.0 Å². The molecule has 15 nitrogen and oxygen atoms in total. The van der Waals surface area contributed by atoms with Gasteiger partial charge >= 0.3 is 0 Å². The van der Waals surface area contributed by atoms with E-state index in [1.807, 2.05) is 0 Å². The van der Waals surface area contributed by atoms with Crippen molar-refractivity contribution in [2.24, 2.45) is 20.5 Å². The largest absolute Gasteiger partial charge is 0.490 e. The molecule has 2 unspecified atom stereocenters. The molecule has 5 aromatic carbocycles. The second-order valence-electron chi connectivity index (χ2n) is 13.5. The molecule has 0 spiro atoms. The lowest BCUT2D eigenvalue weighted by Crippen LogP contribution is -2.32. The van der Waals surface area contributed by atoms with Crippen molar-refractivity contribution in [3.63, 3.8) is 0 Å². The molecular formula is C44H37Cl5N8O7. The van der Waals surface area contributed by atoms with E-state index in [0.29, 0.717) is 11.4 Å². The molecule has 64 heavy (non-hydrogen) atoms. The molecular weight excluding hydrogens is 930 g/mol. The Balaban J connectivity index is 1.29. The minimum Gasteiger partial charge on any atom is -0.490 e. The SMILES string of the molecule is CC(=O)C(N=Nc1cccc(C(=O)Nc2cccc(CCl)c2)c1Cl)C(=O)Nc1ccc(NC(=O)C(N=Nc2cccc(C(=O)Nc3cccc(CCl)c3)c2Cl)C(C)=O)c(OCCCl)c1. The summed E-state index contributed by atoms with van der Waals surface area (Å²) >= 11 is 30.7. The normalized spacial score (nSPS) is 12.0. The minimum absolute atomic E-state index is 0.0159. The van der Waals surface area contributed by atoms with Gasteiger partial charge in [0.25, 0.3) is 23.6 Å². The number of rotatable bonds is 19. The topological polar surface area (TPSA) is 209 Å². The number of nitrogens with zero attached hydrogens (tertiary/aromatic N) is 4. The van der Waals surface area contributed by atoms with Crippen LogP contribution in [0.4, 0.5) is 34.1 Å². The van der Waals surface area contributed by atoms with E-state index in [4.69, 9.17) is 62.7 Å². The van der Waals surface area contributed by atoms with Crippen molar-refractivity contribution in [2.45, 2.75) is 37.7 Å². The average Bonchev–Trinajstić information content (AvgIpc) is 3.27. The molecule has 4 N–H and O–H groups in total. The first-order valence-electron chi connectivity index (χ1n) is 19.0. The Labute approximate surface area is 391 Å². The van der Waals surface area contributed by atoms with Crippen LogP contribution in [0.2, 0.25) is 10.0 Å². The number of ether oxygens (including phenoxy) is 1. The van der Waals surface area contributed by atoms with Gasteiger partial charge in [-0.25, -0.2) is 0 Å². The lowest BCUT2D eigenvalue weighted by atomic mass is 10.1. The summed E-state index contributed by atoms with van der Waals surface area (Å²) in [6.45, 7) is 2.26. The van der Waals surface area contributed by atoms with E-state index in [1.165, 1.54) is 54.6 Å². The Morgan fingerprint density at radius 3 is 1.47 bits per heavy atom. The number of halogens is 5. The average molecular weight is 967 g/mol. The molecule has 0 aliphatic rings. The molecule has 0 bridgehead atoms. The number of anilines is 4. The number of benzene rings is 5. The number of ketones is 2. The number of nitrogens with one attached hydrogen (secondary N) is 4. The molecule has 0 aliphatic carbocycles. The predicted octanol–water partition coefficient (Wildman–Crippen LogP) is 11.0. The van der Waals surface area contributed by atoms with Gasteiger partial charge in [0.15, 0.2) is 11.6 Å². The number of alkyl halides is 3. The summed E-state index contributed by atoms with van der Waals surface area (Å²) in [6, 6.07) is 23.6. The number of hydrogen-bond acceptors (Lipinski definition) is 11. The van der Waals surface area contributed by atoms with Crippen LogP contribution in [0.15, 0.2) is 124 Å². The molecule has 2 atom stereocenters. The smallest absolute Gasteiger partial charge is 0.258 e. The standard InChI is InChI=1S/C44H37Cl5N8O7/c1-24(58)39(56-54-34-13-5-11-31(37(34)48)41(60)50-28-9-3-7-26(19-28)22-46)43(62)52-30-15-16-33(36(21-30)64-18-17-45)53-44(63)40(25(2)59)57-55-35-14-6-12-32(38(35)49)42(61)51-29-10-4-8-27(20-29)23-47/h3-16,19-21,39-40H,17-18,22-23H2,1-2H3,(H,50,60)(H,51,61)(H,52,62)(H,53,63). The van der Waals surface area contributed by atoms with Crippen molar-refractivity contribution in [1.29, 1.82) is 0 Å². The zero-order valence-electron chi connectivity index (χ0n) is 33.8. The molecule has 5 rings (SSSR count). The van der Waals surface area contributed by atoms with Gasteiger partial charge in [-0.3, -0.25) is 28.8 Å². The molecule has 20 heteroatoms. The van der Waals surface area contributed by atoms with Gasteiger partial charge in [-0.2, -0.15) is 20.5 Å². The highest BCUT2D eigenvalue weighted by Gasteiger charge is 2.27. The Bertz CT molecular complexity index is 2650. The van der Waals surface area contributed by atoms with Gasteiger partial charge < -0.3 is 26.0 Å². The summed E-state index contributed by atoms with van der Waals surface area (Å²) in [6.07, 6.45) is 0. The quantitative estimate of drug-likeness (QED) is 0.0357. The highest BCUT2D eigenvalue weighted by molar-refractivity contribution is 6.37. The van der Waals surface area contributed by atoms with Gasteiger partial charge in [0.05, 0.1) is 32.7 Å². The molecule has 4 amide bonds. The van der Waals surface area contributed by atoms with Crippen molar-refractivity contribution in [2.75, 3.05) is 33.8 Å². The van der Waals surface area contributed by atoms with Crippen LogP contribution in [0.3, 0.4) is 0 Å². The second kappa shape index (κ2) is 23.5. The van der Waals surface area contributed by atoms with Crippen LogP contribution in [0, 0.1) is 0 Å². The maximum absolute atomic E-state index is 13.5. The fraction of sp³-hybridized carbons (Fsp3) is 0.182. The number of carbonyl (C=O) groups excluding carboxylic acids is 6. The van der Waals surface area contributed by atoms with Gasteiger partial charge in [-0.1, -0.05) is 59.6 Å². The molecule has 0 aromatic heterocycles. The molecule has 0 fully saturated rings. The van der Waals surface area contributed by atoms with Crippen LogP contribution < -0.4 is 26.0 Å². The van der Waals surface area contributed by atoms with Crippen LogP contribution in [-0.4, -0.2) is 59.8 Å². The molecule has 0 radical (unpaired) electrons. The first kappa shape index (κ1) is 48.8. The number of carbonyl (C=O) groups is 6. The van der Waals surface area contributed by atoms with E-state index in [9.17, 15) is 28.8 Å². The fourth-order valence-corrected chi connectivity index (χ4v) is 6.57. The summed E-state index contributed by atoms with van der Waals surface area (Å²) in [5.41, 5.74) is 2.93. The maximum Gasteiger partial charge on any atom is 0.258 e. The Morgan fingerprint density at radius 1 is 0.562 bits per heavy atom. The van der Waals surface area contributed by atoms with E-state index >= 15 is 0 Å². The lowest BCUT2D eigenvalue weighted by Gasteiger charge is -2.16. The molecule has 0 saturated carbocycles. The van der Waals surface area contributed by atoms with Crippen LogP contribution >= 0.6 is 58.0 Å². The Kier molecular flexibility index (Phi) is 17.9. The summed E-state index contributed by atoms with van der Waals surface area (Å²) in [4.78, 5) is 78.3. The van der Waals surface area contributed by atoms with Gasteiger partial charge in [0, 0.05) is 34.9 Å². The summed E-state index contributed by atoms with van der Waals surface area (Å²) in [5.74, 6) is -3.62. The predicted molar refractivity (Wildman–Crippen MR) is 249 cm³/mol. The highest BCUT2D eigenvalue weighted by atomic mass is 35.5. The third-order valence-corrected chi connectivity index (χ3v) is 10.4. The molecule has 330 valence electrons. The zero-order chi connectivity index (χ0) is 46.3. The van der Waals surface area contributed by atoms with Crippen LogP contribution in [-0.2, 0) is 30.9 Å². The number of Topliss-reactive ketones (excluding diaryl/α,β-unsaturated/α-hetero) is 2. The molecule has 5 aromatic rings. The Hall–Kier alpha value is -6.23. The van der Waals surface area contributed by atoms with Crippen molar-refractivity contribution < 1.29 is 33.5 Å². The lowest BCUT2D eigenvalue weighted by molar-refractivity contribution is -0.127. The molecule has 0 heterocycles. The Morgan fingerprint density at radius 2 is 1.02 bits per heavy atom. The maximum atomic E-state index is 13.5. The van der Waals surface area contributed by atoms with Gasteiger partial charge in [0.2, 0.25) is 12.1 Å². The monoisotopic (exact) mass is 964 g/mol. The van der Waals surface area contributed by atoms with Crippen molar-refractivity contribution in [1.82, 2.24) is 0 Å². The van der Waals surface area contributed by atoms with Crippen LogP contribution in [0.1, 0.15) is 45.7 Å². The van der Waals surface area contributed by atoms with Gasteiger partial charge in [0.1, 0.15) is 23.7 Å². The summed E-state index contributed by atoms with van der Waals surface area (Å²) in [5, 5.41) is 26.5. The minimum atomic E-state index is -1.66. The fourth-order valence-electron chi connectivity index (χ4n) is 5.67. The summed E-state index contributed by atoms with van der Waals surface area (Å²) < 4.78 is 5.73. The van der Waals surface area contributed by atoms with E-state index < -0.39 is 47.3 Å². The third kappa shape index (κ3) is 13.2.